The second-order valence-electron chi connectivity index (χ2n) is 9.96. The highest BCUT2D eigenvalue weighted by Crippen LogP contribution is 2.45. The summed E-state index contributed by atoms with van der Waals surface area (Å²) in [5, 5.41) is 1.31. The maximum absolute atomic E-state index is 14.9. The first-order valence-corrected chi connectivity index (χ1v) is 12.2. The van der Waals surface area contributed by atoms with Gasteiger partial charge in [0.05, 0.1) is 5.56 Å². The van der Waals surface area contributed by atoms with Crippen molar-refractivity contribution in [3.8, 4) is 5.75 Å². The first kappa shape index (κ1) is 24.3. The van der Waals surface area contributed by atoms with E-state index in [2.05, 4.69) is 4.90 Å². The molecule has 4 nitrogen and oxygen atoms in total. The molecule has 33 heavy (non-hydrogen) atoms. The lowest BCUT2D eigenvalue weighted by molar-refractivity contribution is 0.00644. The Morgan fingerprint density at radius 1 is 1.15 bits per heavy atom. The van der Waals surface area contributed by atoms with E-state index in [-0.39, 0.29) is 11.7 Å². The van der Waals surface area contributed by atoms with E-state index in [1.54, 1.807) is 26.8 Å². The molecule has 0 radical (unpaired) electrons. The number of benzene rings is 2. The van der Waals surface area contributed by atoms with Crippen LogP contribution in [0.25, 0.3) is 0 Å². The fraction of sp³-hybridized carbons (Fsp3) is 0.500. The van der Waals surface area contributed by atoms with Crippen molar-refractivity contribution in [2.75, 3.05) is 13.1 Å². The molecule has 0 unspecified atom stereocenters. The van der Waals surface area contributed by atoms with Gasteiger partial charge in [-0.05, 0) is 82.7 Å². The molecule has 1 aliphatic carbocycles. The summed E-state index contributed by atoms with van der Waals surface area (Å²) < 4.78 is 26.7. The highest BCUT2D eigenvalue weighted by atomic mass is 35.5. The maximum atomic E-state index is 14.9. The molecule has 0 spiro atoms. The minimum atomic E-state index is -0.686. The van der Waals surface area contributed by atoms with E-state index >= 15 is 0 Å². The second kappa shape index (κ2) is 9.81. The maximum Gasteiger partial charge on any atom is 0.341 e. The number of halogens is 3. The molecule has 2 aliphatic rings. The molecular formula is C26H30Cl2FNO3. The molecule has 1 saturated carbocycles. The number of carbonyl (C=O) groups excluding carboxylic acids is 1. The van der Waals surface area contributed by atoms with Crippen LogP contribution in [0.2, 0.25) is 10.0 Å². The lowest BCUT2D eigenvalue weighted by atomic mass is 10.0. The summed E-state index contributed by atoms with van der Waals surface area (Å²) in [6.07, 6.45) is 3.79. The normalized spacial score (nSPS) is 19.4. The Kier molecular flexibility index (Phi) is 7.23. The average molecular weight is 494 g/mol. The molecule has 178 valence electrons. The Hall–Kier alpha value is -1.82. The van der Waals surface area contributed by atoms with Crippen LogP contribution in [0, 0.1) is 5.82 Å². The van der Waals surface area contributed by atoms with Crippen LogP contribution in [0.1, 0.15) is 73.9 Å². The van der Waals surface area contributed by atoms with Gasteiger partial charge >= 0.3 is 5.97 Å². The summed E-state index contributed by atoms with van der Waals surface area (Å²) in [5.74, 6) is -0.429. The zero-order chi connectivity index (χ0) is 23.8. The number of hydrogen-bond acceptors (Lipinski definition) is 4. The van der Waals surface area contributed by atoms with E-state index in [0.717, 1.165) is 43.4 Å². The zero-order valence-electron chi connectivity index (χ0n) is 19.3. The first-order valence-electron chi connectivity index (χ1n) is 11.5. The predicted octanol–water partition coefficient (Wildman–Crippen LogP) is 7.01. The zero-order valence-corrected chi connectivity index (χ0v) is 20.8. The van der Waals surface area contributed by atoms with Gasteiger partial charge in [-0.15, -0.1) is 0 Å². The number of rotatable bonds is 6. The van der Waals surface area contributed by atoms with Gasteiger partial charge in [-0.1, -0.05) is 29.3 Å². The van der Waals surface area contributed by atoms with Gasteiger partial charge in [0.25, 0.3) is 0 Å². The summed E-state index contributed by atoms with van der Waals surface area (Å²) in [6, 6.07) is 8.51. The van der Waals surface area contributed by atoms with E-state index in [1.165, 1.54) is 6.07 Å². The number of nitrogens with zero attached hydrogens (tertiary/aromatic N) is 1. The monoisotopic (exact) mass is 493 g/mol. The molecule has 0 amide bonds. The van der Waals surface area contributed by atoms with Gasteiger partial charge in [0, 0.05) is 34.8 Å². The van der Waals surface area contributed by atoms with Crippen molar-refractivity contribution in [1.82, 2.24) is 4.90 Å². The Balaban J connectivity index is 1.50. The van der Waals surface area contributed by atoms with Crippen LogP contribution in [0.4, 0.5) is 4.39 Å². The van der Waals surface area contributed by atoms with Crippen molar-refractivity contribution in [1.29, 1.82) is 0 Å². The summed E-state index contributed by atoms with van der Waals surface area (Å²) >= 11 is 12.7. The number of ether oxygens (including phenoxy) is 2. The Labute approximate surface area is 205 Å². The van der Waals surface area contributed by atoms with Gasteiger partial charge in [0.1, 0.15) is 23.3 Å². The largest absolute Gasteiger partial charge is 0.489 e. The Morgan fingerprint density at radius 3 is 2.48 bits per heavy atom. The molecular weight excluding hydrogens is 464 g/mol. The summed E-state index contributed by atoms with van der Waals surface area (Å²) in [6.45, 7) is 7.57. The third-order valence-corrected chi connectivity index (χ3v) is 6.64. The topological polar surface area (TPSA) is 38.8 Å². The minimum absolute atomic E-state index is 0.0298. The molecule has 1 atom stereocenters. The molecule has 0 N–H and O–H groups in total. The quantitative estimate of drug-likeness (QED) is 0.405. The molecule has 0 aromatic heterocycles. The number of piperidine rings is 1. The van der Waals surface area contributed by atoms with Gasteiger partial charge in [-0.3, -0.25) is 4.90 Å². The molecule has 2 fully saturated rings. The molecule has 1 heterocycles. The van der Waals surface area contributed by atoms with Crippen molar-refractivity contribution >= 4 is 29.2 Å². The number of hydrogen-bond donors (Lipinski definition) is 0. The van der Waals surface area contributed by atoms with Crippen molar-refractivity contribution < 1.29 is 18.7 Å². The fourth-order valence-electron chi connectivity index (χ4n) is 4.22. The molecule has 1 saturated heterocycles. The van der Waals surface area contributed by atoms with Gasteiger partial charge < -0.3 is 9.47 Å². The number of carbonyl (C=O) groups is 1. The van der Waals surface area contributed by atoms with E-state index in [0.29, 0.717) is 34.8 Å². The third-order valence-electron chi connectivity index (χ3n) is 5.93. The average Bonchev–Trinajstić information content (AvgIpc) is 3.55. The molecule has 4 rings (SSSR count). The van der Waals surface area contributed by atoms with Crippen LogP contribution in [-0.4, -0.2) is 35.7 Å². The van der Waals surface area contributed by atoms with Crippen molar-refractivity contribution in [3.05, 3.63) is 62.9 Å². The van der Waals surface area contributed by atoms with Crippen LogP contribution in [0.3, 0.4) is 0 Å². The van der Waals surface area contributed by atoms with Crippen LogP contribution in [0.15, 0.2) is 30.3 Å². The summed E-state index contributed by atoms with van der Waals surface area (Å²) in [5.41, 5.74) is 1.09. The van der Waals surface area contributed by atoms with Gasteiger partial charge in [-0.25, -0.2) is 9.18 Å². The SMILES string of the molecule is CC(C)(C)OC(=O)c1cc(C2CC2)c(O[C@@H]2CCCN(Cc3c(Cl)cccc3Cl)C2)cc1F. The van der Waals surface area contributed by atoms with E-state index < -0.39 is 17.4 Å². The molecule has 2 aromatic rings. The van der Waals surface area contributed by atoms with Gasteiger partial charge in [-0.2, -0.15) is 0 Å². The van der Waals surface area contributed by atoms with Crippen LogP contribution in [0.5, 0.6) is 5.75 Å². The number of likely N-dealkylation sites (tertiary alicyclic amines) is 1. The van der Waals surface area contributed by atoms with E-state index in [9.17, 15) is 9.18 Å². The molecule has 2 aromatic carbocycles. The van der Waals surface area contributed by atoms with Crippen molar-refractivity contribution in [2.45, 2.75) is 70.6 Å². The molecule has 7 heteroatoms. The predicted molar refractivity (Wildman–Crippen MR) is 129 cm³/mol. The smallest absolute Gasteiger partial charge is 0.341 e. The molecule has 0 bridgehead atoms. The minimum Gasteiger partial charge on any atom is -0.489 e. The van der Waals surface area contributed by atoms with E-state index in [4.69, 9.17) is 32.7 Å². The Morgan fingerprint density at radius 2 is 1.85 bits per heavy atom. The highest BCUT2D eigenvalue weighted by Gasteiger charge is 2.32. The standard InChI is InChI=1S/C26H30Cl2FNO3/c1-26(2,3)33-25(31)19-12-18(16-9-10-16)24(13-23(19)29)32-17-6-5-11-30(14-17)15-20-21(27)7-4-8-22(20)28/h4,7-8,12-13,16-17H,5-6,9-11,14-15H2,1-3H3/t17-/m1/s1. The fourth-order valence-corrected chi connectivity index (χ4v) is 4.73. The van der Waals surface area contributed by atoms with Gasteiger partial charge in [0.15, 0.2) is 0 Å². The lowest BCUT2D eigenvalue weighted by Crippen LogP contribution is -2.40. The van der Waals surface area contributed by atoms with Crippen LogP contribution < -0.4 is 4.74 Å². The lowest BCUT2D eigenvalue weighted by Gasteiger charge is -2.33. The summed E-state index contributed by atoms with van der Waals surface area (Å²) in [7, 11) is 0. The Bertz CT molecular complexity index is 1010. The second-order valence-corrected chi connectivity index (χ2v) is 10.8. The highest BCUT2D eigenvalue weighted by molar-refractivity contribution is 6.35. The van der Waals surface area contributed by atoms with E-state index in [1.807, 2.05) is 18.2 Å². The first-order chi connectivity index (χ1) is 15.6. The van der Waals surface area contributed by atoms with Crippen molar-refractivity contribution in [3.63, 3.8) is 0 Å². The van der Waals surface area contributed by atoms with Crippen LogP contribution >= 0.6 is 23.2 Å². The van der Waals surface area contributed by atoms with Crippen LogP contribution in [-0.2, 0) is 11.3 Å². The van der Waals surface area contributed by atoms with Crippen molar-refractivity contribution in [2.24, 2.45) is 0 Å². The third kappa shape index (κ3) is 6.20. The molecule has 1 aliphatic heterocycles. The summed E-state index contributed by atoms with van der Waals surface area (Å²) in [4.78, 5) is 14.8. The van der Waals surface area contributed by atoms with Gasteiger partial charge in [0.2, 0.25) is 0 Å². The number of esters is 1.